The maximum atomic E-state index is 10.3. The molecule has 0 spiro atoms. The molecule has 0 bridgehead atoms. The highest BCUT2D eigenvalue weighted by molar-refractivity contribution is 5.53. The van der Waals surface area contributed by atoms with Crippen molar-refractivity contribution >= 4 is 6.29 Å². The van der Waals surface area contributed by atoms with Crippen LogP contribution in [0.2, 0.25) is 0 Å². The van der Waals surface area contributed by atoms with E-state index in [2.05, 4.69) is 6.07 Å². The molecule has 3 nitrogen and oxygen atoms in total. The minimum Gasteiger partial charge on any atom is -0.493 e. The van der Waals surface area contributed by atoms with E-state index in [1.54, 1.807) is 7.11 Å². The number of aryl methyl sites for hydroxylation is 1. The Labute approximate surface area is 89.0 Å². The smallest absolute Gasteiger partial charge is 0.164 e. The SMILES string of the molecule is COc1cc(CCC=O)cc2c1OCC2. The van der Waals surface area contributed by atoms with Crippen molar-refractivity contribution in [2.75, 3.05) is 13.7 Å². The van der Waals surface area contributed by atoms with Gasteiger partial charge in [-0.2, -0.15) is 0 Å². The fraction of sp³-hybridized carbons (Fsp3) is 0.417. The molecular weight excluding hydrogens is 192 g/mol. The molecule has 0 saturated carbocycles. The van der Waals surface area contributed by atoms with Crippen LogP contribution in [0.5, 0.6) is 11.5 Å². The molecule has 15 heavy (non-hydrogen) atoms. The fourth-order valence-electron chi connectivity index (χ4n) is 1.86. The van der Waals surface area contributed by atoms with Gasteiger partial charge in [-0.05, 0) is 18.1 Å². The first-order valence-electron chi connectivity index (χ1n) is 5.11. The monoisotopic (exact) mass is 206 g/mol. The number of aldehydes is 1. The van der Waals surface area contributed by atoms with Crippen LogP contribution in [-0.4, -0.2) is 20.0 Å². The lowest BCUT2D eigenvalue weighted by Crippen LogP contribution is -1.93. The molecule has 0 fully saturated rings. The zero-order valence-electron chi connectivity index (χ0n) is 8.79. The Bertz CT molecular complexity index is 371. The second-order valence-corrected chi connectivity index (χ2v) is 3.59. The third kappa shape index (κ3) is 1.96. The first kappa shape index (κ1) is 10.0. The standard InChI is InChI=1S/C12H14O3/c1-14-11-8-9(3-2-5-13)7-10-4-6-15-12(10)11/h5,7-8H,2-4,6H2,1H3. The number of hydrogen-bond acceptors (Lipinski definition) is 3. The minimum absolute atomic E-state index is 0.558. The van der Waals surface area contributed by atoms with Crippen molar-refractivity contribution < 1.29 is 14.3 Å². The van der Waals surface area contributed by atoms with Crippen LogP contribution in [0.15, 0.2) is 12.1 Å². The maximum Gasteiger partial charge on any atom is 0.164 e. The van der Waals surface area contributed by atoms with Gasteiger partial charge in [-0.1, -0.05) is 6.07 Å². The summed E-state index contributed by atoms with van der Waals surface area (Å²) in [5.41, 5.74) is 2.33. The Kier molecular flexibility index (Phi) is 2.90. The van der Waals surface area contributed by atoms with Crippen LogP contribution in [-0.2, 0) is 17.6 Å². The number of carbonyl (C=O) groups is 1. The number of fused-ring (bicyclic) bond motifs is 1. The number of methoxy groups -OCH3 is 1. The van der Waals surface area contributed by atoms with E-state index in [1.165, 1.54) is 5.56 Å². The first-order valence-corrected chi connectivity index (χ1v) is 5.11. The molecule has 0 radical (unpaired) electrons. The second-order valence-electron chi connectivity index (χ2n) is 3.59. The van der Waals surface area contributed by atoms with Crippen LogP contribution in [0.4, 0.5) is 0 Å². The topological polar surface area (TPSA) is 35.5 Å². The summed E-state index contributed by atoms with van der Waals surface area (Å²) in [6, 6.07) is 4.06. The molecule has 1 heterocycles. The van der Waals surface area contributed by atoms with Crippen molar-refractivity contribution in [1.29, 1.82) is 0 Å². The number of carbonyl (C=O) groups excluding carboxylic acids is 1. The molecule has 0 amide bonds. The zero-order chi connectivity index (χ0) is 10.7. The summed E-state index contributed by atoms with van der Waals surface area (Å²) < 4.78 is 10.7. The average Bonchev–Trinajstić information content (AvgIpc) is 2.73. The van der Waals surface area contributed by atoms with E-state index in [-0.39, 0.29) is 0 Å². The summed E-state index contributed by atoms with van der Waals surface area (Å²) in [5, 5.41) is 0. The first-order chi connectivity index (χ1) is 7.35. The van der Waals surface area contributed by atoms with Crippen molar-refractivity contribution in [3.8, 4) is 11.5 Å². The van der Waals surface area contributed by atoms with E-state index in [0.29, 0.717) is 6.42 Å². The number of rotatable bonds is 4. The predicted octanol–water partition coefficient (Wildman–Crippen LogP) is 1.76. The number of hydrogen-bond donors (Lipinski definition) is 0. The van der Waals surface area contributed by atoms with Crippen LogP contribution < -0.4 is 9.47 Å². The van der Waals surface area contributed by atoms with Gasteiger partial charge >= 0.3 is 0 Å². The molecule has 0 aliphatic carbocycles. The Morgan fingerprint density at radius 2 is 2.40 bits per heavy atom. The van der Waals surface area contributed by atoms with Crippen LogP contribution in [0.25, 0.3) is 0 Å². The molecule has 0 N–H and O–H groups in total. The molecule has 3 heteroatoms. The summed E-state index contributed by atoms with van der Waals surface area (Å²) in [7, 11) is 1.64. The number of benzene rings is 1. The maximum absolute atomic E-state index is 10.3. The summed E-state index contributed by atoms with van der Waals surface area (Å²) >= 11 is 0. The number of ether oxygens (including phenoxy) is 2. The van der Waals surface area contributed by atoms with Crippen LogP contribution in [0.3, 0.4) is 0 Å². The van der Waals surface area contributed by atoms with Crippen molar-refractivity contribution in [3.63, 3.8) is 0 Å². The molecule has 0 unspecified atom stereocenters. The Morgan fingerprint density at radius 3 is 3.13 bits per heavy atom. The lowest BCUT2D eigenvalue weighted by Gasteiger charge is -2.09. The molecule has 0 atom stereocenters. The van der Waals surface area contributed by atoms with Gasteiger partial charge in [0.2, 0.25) is 0 Å². The van der Waals surface area contributed by atoms with Crippen molar-refractivity contribution in [2.45, 2.75) is 19.3 Å². The van der Waals surface area contributed by atoms with Gasteiger partial charge < -0.3 is 14.3 Å². The summed E-state index contributed by atoms with van der Waals surface area (Å²) in [5.74, 6) is 1.65. The van der Waals surface area contributed by atoms with Gasteiger partial charge in [-0.15, -0.1) is 0 Å². The van der Waals surface area contributed by atoms with Gasteiger partial charge in [0.05, 0.1) is 13.7 Å². The van der Waals surface area contributed by atoms with Crippen molar-refractivity contribution in [1.82, 2.24) is 0 Å². The molecule has 1 aliphatic heterocycles. The highest BCUT2D eigenvalue weighted by atomic mass is 16.5. The average molecular weight is 206 g/mol. The van der Waals surface area contributed by atoms with E-state index in [4.69, 9.17) is 9.47 Å². The third-order valence-corrected chi connectivity index (χ3v) is 2.58. The summed E-state index contributed by atoms with van der Waals surface area (Å²) in [4.78, 5) is 10.3. The van der Waals surface area contributed by atoms with Gasteiger partial charge in [-0.25, -0.2) is 0 Å². The van der Waals surface area contributed by atoms with Gasteiger partial charge in [0, 0.05) is 18.4 Å². The highest BCUT2D eigenvalue weighted by Crippen LogP contribution is 2.36. The largest absolute Gasteiger partial charge is 0.493 e. The lowest BCUT2D eigenvalue weighted by molar-refractivity contribution is -0.107. The van der Waals surface area contributed by atoms with Crippen LogP contribution in [0.1, 0.15) is 17.5 Å². The van der Waals surface area contributed by atoms with E-state index < -0.39 is 0 Å². The molecule has 1 aromatic rings. The molecule has 1 aliphatic rings. The quantitative estimate of drug-likeness (QED) is 0.704. The Hall–Kier alpha value is -1.51. The van der Waals surface area contributed by atoms with E-state index >= 15 is 0 Å². The molecule has 0 aromatic heterocycles. The van der Waals surface area contributed by atoms with E-state index in [9.17, 15) is 4.79 Å². The van der Waals surface area contributed by atoms with Crippen molar-refractivity contribution in [2.24, 2.45) is 0 Å². The predicted molar refractivity (Wildman–Crippen MR) is 56.6 cm³/mol. The molecule has 0 saturated heterocycles. The lowest BCUT2D eigenvalue weighted by atomic mass is 10.0. The minimum atomic E-state index is 0.558. The molecule has 80 valence electrons. The second kappa shape index (κ2) is 4.34. The fourth-order valence-corrected chi connectivity index (χ4v) is 1.86. The zero-order valence-corrected chi connectivity index (χ0v) is 8.79. The van der Waals surface area contributed by atoms with Gasteiger partial charge in [0.1, 0.15) is 6.29 Å². The van der Waals surface area contributed by atoms with Gasteiger partial charge in [0.25, 0.3) is 0 Å². The van der Waals surface area contributed by atoms with Crippen LogP contribution >= 0.6 is 0 Å². The Balaban J connectivity index is 2.30. The normalized spacial score (nSPS) is 13.1. The summed E-state index contributed by atoms with van der Waals surface area (Å²) in [6.07, 6.45) is 3.20. The van der Waals surface area contributed by atoms with E-state index in [1.807, 2.05) is 6.07 Å². The van der Waals surface area contributed by atoms with Gasteiger partial charge in [0.15, 0.2) is 11.5 Å². The van der Waals surface area contributed by atoms with Crippen LogP contribution in [0, 0.1) is 0 Å². The third-order valence-electron chi connectivity index (χ3n) is 2.58. The Morgan fingerprint density at radius 1 is 1.53 bits per heavy atom. The molecule has 1 aromatic carbocycles. The summed E-state index contributed by atoms with van der Waals surface area (Å²) in [6.45, 7) is 0.725. The van der Waals surface area contributed by atoms with Gasteiger partial charge in [-0.3, -0.25) is 0 Å². The van der Waals surface area contributed by atoms with E-state index in [0.717, 1.165) is 42.8 Å². The van der Waals surface area contributed by atoms with Crippen molar-refractivity contribution in [3.05, 3.63) is 23.3 Å². The highest BCUT2D eigenvalue weighted by Gasteiger charge is 2.18. The molecular formula is C12H14O3. The molecule has 2 rings (SSSR count).